The van der Waals surface area contributed by atoms with E-state index in [9.17, 15) is 18.0 Å². The molecule has 0 aliphatic heterocycles. The van der Waals surface area contributed by atoms with E-state index in [4.69, 9.17) is 21.4 Å². The Morgan fingerprint density at radius 2 is 1.94 bits per heavy atom. The average molecular weight is 514 g/mol. The number of thiazole rings is 1. The summed E-state index contributed by atoms with van der Waals surface area (Å²) < 4.78 is 31.2. The number of carboxylic acids is 1. The first-order valence-corrected chi connectivity index (χ1v) is 13.5. The van der Waals surface area contributed by atoms with Crippen LogP contribution in [0.25, 0.3) is 0 Å². The SMILES string of the molecule is O=C(O)Cc1nc(NC(=O)C(OC2CCCCC2)c2ccc(S(=O)(=O)C3CC3)nc2)sc1Cl. The fraction of sp³-hybridized carbons (Fsp3) is 0.524. The van der Waals surface area contributed by atoms with Crippen LogP contribution in [0.2, 0.25) is 4.34 Å². The van der Waals surface area contributed by atoms with Gasteiger partial charge in [0, 0.05) is 11.8 Å². The molecule has 0 aromatic carbocycles. The van der Waals surface area contributed by atoms with Crippen LogP contribution in [-0.4, -0.2) is 46.7 Å². The van der Waals surface area contributed by atoms with Gasteiger partial charge < -0.3 is 9.84 Å². The van der Waals surface area contributed by atoms with E-state index >= 15 is 0 Å². The molecule has 178 valence electrons. The van der Waals surface area contributed by atoms with E-state index in [1.807, 2.05) is 0 Å². The van der Waals surface area contributed by atoms with Crippen molar-refractivity contribution in [2.24, 2.45) is 0 Å². The lowest BCUT2D eigenvalue weighted by Crippen LogP contribution is -2.29. The molecule has 1 atom stereocenters. The Hall–Kier alpha value is -2.08. The highest BCUT2D eigenvalue weighted by Crippen LogP contribution is 2.34. The molecule has 2 aromatic heterocycles. The summed E-state index contributed by atoms with van der Waals surface area (Å²) in [6.45, 7) is 0. The number of amides is 1. The Labute approximate surface area is 200 Å². The summed E-state index contributed by atoms with van der Waals surface area (Å²) in [6.07, 6.45) is 5.97. The van der Waals surface area contributed by atoms with Crippen LogP contribution in [-0.2, 0) is 30.6 Å². The van der Waals surface area contributed by atoms with Crippen LogP contribution in [0, 0.1) is 0 Å². The summed E-state index contributed by atoms with van der Waals surface area (Å²) in [7, 11) is -3.44. The monoisotopic (exact) mass is 513 g/mol. The van der Waals surface area contributed by atoms with Crippen molar-refractivity contribution in [2.75, 3.05) is 5.32 Å². The molecule has 1 amide bonds. The van der Waals surface area contributed by atoms with Crippen molar-refractivity contribution in [3.05, 3.63) is 33.9 Å². The maximum Gasteiger partial charge on any atom is 0.309 e. The number of sulfone groups is 1. The molecule has 12 heteroatoms. The summed E-state index contributed by atoms with van der Waals surface area (Å²) in [5, 5.41) is 11.4. The molecule has 2 saturated carbocycles. The summed E-state index contributed by atoms with van der Waals surface area (Å²) in [4.78, 5) is 32.3. The lowest BCUT2D eigenvalue weighted by molar-refractivity contribution is -0.136. The van der Waals surface area contributed by atoms with Crippen molar-refractivity contribution in [1.29, 1.82) is 0 Å². The van der Waals surface area contributed by atoms with Gasteiger partial charge in [0.15, 0.2) is 26.1 Å². The minimum Gasteiger partial charge on any atom is -0.481 e. The van der Waals surface area contributed by atoms with Crippen LogP contribution in [0.3, 0.4) is 0 Å². The smallest absolute Gasteiger partial charge is 0.309 e. The van der Waals surface area contributed by atoms with E-state index in [1.165, 1.54) is 12.3 Å². The number of halogens is 1. The maximum atomic E-state index is 13.2. The molecule has 2 aliphatic rings. The van der Waals surface area contributed by atoms with Crippen molar-refractivity contribution in [1.82, 2.24) is 9.97 Å². The number of nitrogens with zero attached hydrogens (tertiary/aromatic N) is 2. The first-order chi connectivity index (χ1) is 15.7. The second kappa shape index (κ2) is 10.0. The lowest BCUT2D eigenvalue weighted by Gasteiger charge is -2.27. The zero-order chi connectivity index (χ0) is 23.6. The molecule has 2 heterocycles. The molecule has 4 rings (SSSR count). The van der Waals surface area contributed by atoms with Crippen molar-refractivity contribution < 1.29 is 27.9 Å². The summed E-state index contributed by atoms with van der Waals surface area (Å²) in [5.41, 5.74) is 0.603. The number of carbonyl (C=O) groups excluding carboxylic acids is 1. The molecule has 0 bridgehead atoms. The third-order valence-corrected chi connectivity index (χ3v) is 9.06. The van der Waals surface area contributed by atoms with Gasteiger partial charge in [0.1, 0.15) is 4.34 Å². The number of ether oxygens (including phenoxy) is 1. The number of pyridine rings is 1. The quantitative estimate of drug-likeness (QED) is 0.517. The van der Waals surface area contributed by atoms with Crippen molar-refractivity contribution in [2.45, 2.75) is 73.9 Å². The topological polar surface area (TPSA) is 136 Å². The Balaban J connectivity index is 1.55. The Morgan fingerprint density at radius 3 is 2.55 bits per heavy atom. The zero-order valence-electron chi connectivity index (χ0n) is 17.7. The fourth-order valence-corrected chi connectivity index (χ4v) is 6.36. The molecule has 0 radical (unpaired) electrons. The minimum absolute atomic E-state index is 0.00408. The molecule has 0 spiro atoms. The first-order valence-electron chi connectivity index (χ1n) is 10.8. The largest absolute Gasteiger partial charge is 0.481 e. The van der Waals surface area contributed by atoms with E-state index in [1.54, 1.807) is 6.07 Å². The Kier molecular flexibility index (Phi) is 7.32. The molecule has 2 aromatic rings. The highest BCUT2D eigenvalue weighted by atomic mass is 35.5. The lowest BCUT2D eigenvalue weighted by atomic mass is 9.97. The zero-order valence-corrected chi connectivity index (χ0v) is 20.1. The van der Waals surface area contributed by atoms with Crippen LogP contribution in [0.1, 0.15) is 62.3 Å². The molecule has 0 saturated heterocycles. The van der Waals surface area contributed by atoms with E-state index in [0.717, 1.165) is 43.4 Å². The maximum absolute atomic E-state index is 13.2. The van der Waals surface area contributed by atoms with E-state index in [2.05, 4.69) is 15.3 Å². The number of hydrogen-bond donors (Lipinski definition) is 2. The molecular formula is C21H24ClN3O6S2. The highest BCUT2D eigenvalue weighted by molar-refractivity contribution is 7.92. The number of rotatable bonds is 9. The number of carbonyl (C=O) groups is 2. The molecule has 2 aliphatic carbocycles. The van der Waals surface area contributed by atoms with Gasteiger partial charge in [-0.2, -0.15) is 0 Å². The predicted octanol–water partition coefficient (Wildman–Crippen LogP) is 3.78. The van der Waals surface area contributed by atoms with Gasteiger partial charge in [-0.15, -0.1) is 0 Å². The normalized spacial score (nSPS) is 18.1. The van der Waals surface area contributed by atoms with Crippen LogP contribution < -0.4 is 5.32 Å². The number of aliphatic carboxylic acids is 1. The molecular weight excluding hydrogens is 490 g/mol. The van der Waals surface area contributed by atoms with Gasteiger partial charge in [-0.1, -0.05) is 48.3 Å². The van der Waals surface area contributed by atoms with Crippen molar-refractivity contribution >= 4 is 49.8 Å². The van der Waals surface area contributed by atoms with Gasteiger partial charge in [0.05, 0.1) is 23.5 Å². The van der Waals surface area contributed by atoms with E-state index in [-0.39, 0.29) is 38.0 Å². The predicted molar refractivity (Wildman–Crippen MR) is 122 cm³/mol. The third-order valence-electron chi connectivity index (χ3n) is 5.63. The van der Waals surface area contributed by atoms with E-state index in [0.29, 0.717) is 18.4 Å². The van der Waals surface area contributed by atoms with Gasteiger partial charge in [-0.05, 0) is 31.7 Å². The van der Waals surface area contributed by atoms with E-state index < -0.39 is 27.8 Å². The second-order valence-electron chi connectivity index (χ2n) is 8.25. The van der Waals surface area contributed by atoms with Gasteiger partial charge in [-0.25, -0.2) is 18.4 Å². The fourth-order valence-electron chi connectivity index (χ4n) is 3.76. The first kappa shape index (κ1) is 24.1. The number of anilines is 1. The average Bonchev–Trinajstić information content (AvgIpc) is 3.59. The number of carboxylic acid groups (broad SMARTS) is 1. The number of aromatic nitrogens is 2. The van der Waals surface area contributed by atoms with Crippen LogP contribution in [0.15, 0.2) is 23.4 Å². The van der Waals surface area contributed by atoms with Gasteiger partial charge in [0.2, 0.25) is 0 Å². The number of nitrogens with one attached hydrogen (secondary N) is 1. The Bertz CT molecular complexity index is 1130. The third kappa shape index (κ3) is 5.89. The second-order valence-corrected chi connectivity index (χ2v) is 12.0. The molecule has 1 unspecified atom stereocenters. The molecule has 2 N–H and O–H groups in total. The van der Waals surface area contributed by atoms with Gasteiger partial charge >= 0.3 is 5.97 Å². The highest BCUT2D eigenvalue weighted by Gasteiger charge is 2.38. The van der Waals surface area contributed by atoms with Crippen LogP contribution in [0.5, 0.6) is 0 Å². The van der Waals surface area contributed by atoms with Crippen LogP contribution in [0.4, 0.5) is 5.13 Å². The van der Waals surface area contributed by atoms with Gasteiger partial charge in [0.25, 0.3) is 5.91 Å². The van der Waals surface area contributed by atoms with Crippen molar-refractivity contribution in [3.63, 3.8) is 0 Å². The van der Waals surface area contributed by atoms with Gasteiger partial charge in [-0.3, -0.25) is 14.9 Å². The summed E-state index contributed by atoms with van der Waals surface area (Å²) in [5.74, 6) is -1.58. The van der Waals surface area contributed by atoms with Crippen LogP contribution >= 0.6 is 22.9 Å². The molecule has 33 heavy (non-hydrogen) atoms. The molecule has 9 nitrogen and oxygen atoms in total. The Morgan fingerprint density at radius 1 is 1.21 bits per heavy atom. The molecule has 2 fully saturated rings. The standard InChI is InChI=1S/C21H24ClN3O6S2/c22-19-15(10-17(26)27)24-21(32-19)25-20(28)18(31-13-4-2-1-3-5-13)12-6-9-16(23-11-12)33(29,30)14-7-8-14/h6,9,11,13-14,18H,1-5,7-8,10H2,(H,26,27)(H,24,25,28). The summed E-state index contributed by atoms with van der Waals surface area (Å²) in [6, 6.07) is 2.97. The summed E-state index contributed by atoms with van der Waals surface area (Å²) >= 11 is 7.03. The number of hydrogen-bond acceptors (Lipinski definition) is 8. The van der Waals surface area contributed by atoms with Crippen molar-refractivity contribution in [3.8, 4) is 0 Å². The minimum atomic E-state index is -3.44.